The molecule has 0 aliphatic carbocycles. The van der Waals surface area contributed by atoms with Crippen LogP contribution in [0.5, 0.6) is 0 Å². The summed E-state index contributed by atoms with van der Waals surface area (Å²) in [4.78, 5) is 11.2. The molecule has 0 unspecified atom stereocenters. The lowest BCUT2D eigenvalue weighted by Gasteiger charge is -2.09. The smallest absolute Gasteiger partial charge is 0.161 e. The third-order valence-electron chi connectivity index (χ3n) is 2.97. The number of carbonyl (C=O) groups is 1. The summed E-state index contributed by atoms with van der Waals surface area (Å²) in [5.41, 5.74) is 7.97. The normalized spacial score (nSPS) is 10.7. The topological polar surface area (TPSA) is 55.1 Å². The van der Waals surface area contributed by atoms with E-state index in [1.54, 1.807) is 6.07 Å². The number of hydrogen-bond donors (Lipinski definition) is 2. The maximum absolute atomic E-state index is 11.2. The highest BCUT2D eigenvalue weighted by atomic mass is 16.1. The van der Waals surface area contributed by atoms with E-state index in [1.807, 2.05) is 12.1 Å². The lowest BCUT2D eigenvalue weighted by molar-refractivity contribution is 0.101. The SMILES string of the molecule is CC(=O)c1ccc(NCCCCC(C)C)cc1N. The van der Waals surface area contributed by atoms with Crippen molar-refractivity contribution in [3.8, 4) is 0 Å². The van der Waals surface area contributed by atoms with Gasteiger partial charge in [0.05, 0.1) is 0 Å². The molecule has 3 N–H and O–H groups in total. The van der Waals surface area contributed by atoms with E-state index in [9.17, 15) is 4.79 Å². The summed E-state index contributed by atoms with van der Waals surface area (Å²) < 4.78 is 0. The Kier molecular flexibility index (Phi) is 5.69. The molecule has 1 aromatic rings. The Bertz CT molecular complexity index is 399. The second kappa shape index (κ2) is 7.04. The van der Waals surface area contributed by atoms with Crippen molar-refractivity contribution in [2.24, 2.45) is 5.92 Å². The third kappa shape index (κ3) is 4.78. The molecule has 3 heteroatoms. The van der Waals surface area contributed by atoms with E-state index in [0.29, 0.717) is 11.3 Å². The van der Waals surface area contributed by atoms with Crippen molar-refractivity contribution in [1.29, 1.82) is 0 Å². The van der Waals surface area contributed by atoms with Gasteiger partial charge >= 0.3 is 0 Å². The first-order valence-electron chi connectivity index (χ1n) is 6.65. The van der Waals surface area contributed by atoms with Gasteiger partial charge in [0.1, 0.15) is 0 Å². The van der Waals surface area contributed by atoms with Gasteiger partial charge in [0.15, 0.2) is 5.78 Å². The number of carbonyl (C=O) groups excluding carboxylic acids is 1. The molecule has 0 spiro atoms. The Morgan fingerprint density at radius 3 is 2.61 bits per heavy atom. The first-order chi connectivity index (χ1) is 8.50. The summed E-state index contributed by atoms with van der Waals surface area (Å²) in [6.45, 7) is 6.97. The Morgan fingerprint density at radius 1 is 1.33 bits per heavy atom. The number of anilines is 2. The highest BCUT2D eigenvalue weighted by Crippen LogP contribution is 2.18. The number of ketones is 1. The lowest BCUT2D eigenvalue weighted by atomic mass is 10.1. The molecular formula is C15H24N2O. The molecule has 0 bridgehead atoms. The van der Waals surface area contributed by atoms with E-state index < -0.39 is 0 Å². The molecule has 0 heterocycles. The van der Waals surface area contributed by atoms with Gasteiger partial charge in [-0.25, -0.2) is 0 Å². The van der Waals surface area contributed by atoms with Gasteiger partial charge in [-0.15, -0.1) is 0 Å². The van der Waals surface area contributed by atoms with Crippen LogP contribution in [0.2, 0.25) is 0 Å². The molecule has 100 valence electrons. The molecule has 0 aromatic heterocycles. The Morgan fingerprint density at radius 2 is 2.06 bits per heavy atom. The van der Waals surface area contributed by atoms with E-state index in [-0.39, 0.29) is 5.78 Å². The first kappa shape index (κ1) is 14.6. The summed E-state index contributed by atoms with van der Waals surface area (Å²) in [6, 6.07) is 5.53. The number of Topliss-reactive ketones (excluding diaryl/α,β-unsaturated/α-hetero) is 1. The van der Waals surface area contributed by atoms with Crippen LogP contribution in [0.25, 0.3) is 0 Å². The molecule has 0 saturated heterocycles. The van der Waals surface area contributed by atoms with E-state index in [1.165, 1.54) is 19.8 Å². The lowest BCUT2D eigenvalue weighted by Crippen LogP contribution is -2.05. The molecule has 0 aliphatic rings. The Labute approximate surface area is 110 Å². The van der Waals surface area contributed by atoms with Crippen LogP contribution >= 0.6 is 0 Å². The Balaban J connectivity index is 2.39. The van der Waals surface area contributed by atoms with Crippen molar-refractivity contribution in [1.82, 2.24) is 0 Å². The number of rotatable bonds is 7. The van der Waals surface area contributed by atoms with E-state index in [0.717, 1.165) is 24.6 Å². The zero-order valence-electron chi connectivity index (χ0n) is 11.6. The monoisotopic (exact) mass is 248 g/mol. The van der Waals surface area contributed by atoms with Gasteiger partial charge in [0.2, 0.25) is 0 Å². The van der Waals surface area contributed by atoms with Crippen LogP contribution in [0, 0.1) is 5.92 Å². The summed E-state index contributed by atoms with van der Waals surface area (Å²) in [5, 5.41) is 3.33. The molecule has 0 saturated carbocycles. The highest BCUT2D eigenvalue weighted by molar-refractivity contribution is 5.99. The molecule has 1 rings (SSSR count). The summed E-state index contributed by atoms with van der Waals surface area (Å²) >= 11 is 0. The van der Waals surface area contributed by atoms with Crippen LogP contribution in [-0.4, -0.2) is 12.3 Å². The maximum atomic E-state index is 11.2. The minimum absolute atomic E-state index is 0.0102. The molecule has 0 radical (unpaired) electrons. The zero-order chi connectivity index (χ0) is 13.5. The van der Waals surface area contributed by atoms with Gasteiger partial charge < -0.3 is 11.1 Å². The standard InChI is InChI=1S/C15H24N2O/c1-11(2)6-4-5-9-17-13-7-8-14(12(3)18)15(16)10-13/h7-8,10-11,17H,4-6,9,16H2,1-3H3. The van der Waals surface area contributed by atoms with Crippen LogP contribution in [0.15, 0.2) is 18.2 Å². The molecule has 0 amide bonds. The van der Waals surface area contributed by atoms with Crippen LogP contribution in [0.4, 0.5) is 11.4 Å². The number of hydrogen-bond acceptors (Lipinski definition) is 3. The maximum Gasteiger partial charge on any atom is 0.161 e. The minimum atomic E-state index is 0.0102. The summed E-state index contributed by atoms with van der Waals surface area (Å²) in [7, 11) is 0. The minimum Gasteiger partial charge on any atom is -0.398 e. The molecule has 1 aromatic carbocycles. The average molecular weight is 248 g/mol. The number of benzene rings is 1. The molecule has 3 nitrogen and oxygen atoms in total. The van der Waals surface area contributed by atoms with Crippen molar-refractivity contribution >= 4 is 17.2 Å². The van der Waals surface area contributed by atoms with Gasteiger partial charge in [-0.1, -0.05) is 26.7 Å². The fourth-order valence-electron chi connectivity index (χ4n) is 1.90. The van der Waals surface area contributed by atoms with Gasteiger partial charge in [0.25, 0.3) is 0 Å². The highest BCUT2D eigenvalue weighted by Gasteiger charge is 2.04. The van der Waals surface area contributed by atoms with Gasteiger partial charge in [-0.3, -0.25) is 4.79 Å². The van der Waals surface area contributed by atoms with Crippen molar-refractivity contribution in [2.45, 2.75) is 40.0 Å². The molecule has 0 fully saturated rings. The molecule has 18 heavy (non-hydrogen) atoms. The number of unbranched alkanes of at least 4 members (excludes halogenated alkanes) is 1. The molecular weight excluding hydrogens is 224 g/mol. The van der Waals surface area contributed by atoms with Gasteiger partial charge in [-0.05, 0) is 37.5 Å². The second-order valence-electron chi connectivity index (χ2n) is 5.17. The van der Waals surface area contributed by atoms with Crippen molar-refractivity contribution in [3.05, 3.63) is 23.8 Å². The second-order valence-corrected chi connectivity index (χ2v) is 5.17. The quantitative estimate of drug-likeness (QED) is 0.439. The number of nitrogens with one attached hydrogen (secondary N) is 1. The van der Waals surface area contributed by atoms with E-state index in [4.69, 9.17) is 5.73 Å². The van der Waals surface area contributed by atoms with Crippen molar-refractivity contribution in [3.63, 3.8) is 0 Å². The predicted molar refractivity (Wildman–Crippen MR) is 78.0 cm³/mol. The fourth-order valence-corrected chi connectivity index (χ4v) is 1.90. The first-order valence-corrected chi connectivity index (χ1v) is 6.65. The van der Waals surface area contributed by atoms with E-state index in [2.05, 4.69) is 19.2 Å². The predicted octanol–water partition coefficient (Wildman–Crippen LogP) is 3.71. The van der Waals surface area contributed by atoms with Crippen LogP contribution in [-0.2, 0) is 0 Å². The largest absolute Gasteiger partial charge is 0.398 e. The summed E-state index contributed by atoms with van der Waals surface area (Å²) in [6.07, 6.45) is 3.67. The number of nitrogens with two attached hydrogens (primary N) is 1. The number of nitrogen functional groups attached to an aromatic ring is 1. The van der Waals surface area contributed by atoms with Gasteiger partial charge in [0, 0.05) is 23.5 Å². The fraction of sp³-hybridized carbons (Fsp3) is 0.533. The van der Waals surface area contributed by atoms with Crippen LogP contribution in [0.3, 0.4) is 0 Å². The van der Waals surface area contributed by atoms with Crippen molar-refractivity contribution < 1.29 is 4.79 Å². The molecule has 0 atom stereocenters. The van der Waals surface area contributed by atoms with E-state index >= 15 is 0 Å². The van der Waals surface area contributed by atoms with Crippen LogP contribution < -0.4 is 11.1 Å². The van der Waals surface area contributed by atoms with Gasteiger partial charge in [-0.2, -0.15) is 0 Å². The average Bonchev–Trinajstić information content (AvgIpc) is 2.27. The van der Waals surface area contributed by atoms with Crippen molar-refractivity contribution in [2.75, 3.05) is 17.6 Å². The zero-order valence-corrected chi connectivity index (χ0v) is 11.6. The molecule has 0 aliphatic heterocycles. The summed E-state index contributed by atoms with van der Waals surface area (Å²) in [5.74, 6) is 0.784. The Hall–Kier alpha value is -1.51. The van der Waals surface area contributed by atoms with Crippen LogP contribution in [0.1, 0.15) is 50.4 Å². The third-order valence-corrected chi connectivity index (χ3v) is 2.97.